The topological polar surface area (TPSA) is 97.8 Å². The summed E-state index contributed by atoms with van der Waals surface area (Å²) in [4.78, 5) is 25.9. The summed E-state index contributed by atoms with van der Waals surface area (Å²) in [6.45, 7) is 7.22. The van der Waals surface area contributed by atoms with Crippen LogP contribution in [0.4, 0.5) is 10.1 Å². The number of rotatable bonds is 5. The maximum Gasteiger partial charge on any atom is 0.341 e. The highest BCUT2D eigenvalue weighted by molar-refractivity contribution is 5.98. The lowest BCUT2D eigenvalue weighted by molar-refractivity contribution is 0.0695. The van der Waals surface area contributed by atoms with Gasteiger partial charge < -0.3 is 25.0 Å². The van der Waals surface area contributed by atoms with Crippen LogP contribution in [0.1, 0.15) is 23.7 Å². The Balaban J connectivity index is 2.38. The van der Waals surface area contributed by atoms with Crippen molar-refractivity contribution in [3.05, 3.63) is 40.4 Å². The van der Waals surface area contributed by atoms with E-state index >= 15 is 4.39 Å². The number of hydrogen-bond donors (Lipinski definition) is 2. The van der Waals surface area contributed by atoms with E-state index in [4.69, 9.17) is 10.5 Å². The van der Waals surface area contributed by atoms with Crippen LogP contribution in [0.2, 0.25) is 0 Å². The van der Waals surface area contributed by atoms with Gasteiger partial charge in [-0.15, -0.1) is 0 Å². The molecule has 2 heterocycles. The zero-order chi connectivity index (χ0) is 19.9. The fourth-order valence-corrected chi connectivity index (χ4v) is 3.59. The summed E-state index contributed by atoms with van der Waals surface area (Å²) >= 11 is 0. The molecule has 1 atom stereocenters. The highest BCUT2D eigenvalue weighted by Crippen LogP contribution is 2.40. The van der Waals surface area contributed by atoms with Crippen molar-refractivity contribution in [1.82, 2.24) is 4.57 Å². The molecule has 1 aromatic carbocycles. The molecule has 0 bridgehead atoms. The number of anilines is 1. The average molecular weight is 375 g/mol. The second-order valence-corrected chi connectivity index (χ2v) is 6.76. The van der Waals surface area contributed by atoms with Gasteiger partial charge in [-0.05, 0) is 31.9 Å². The number of fused-ring (bicyclic) bond motifs is 1. The van der Waals surface area contributed by atoms with E-state index in [2.05, 4.69) is 6.58 Å². The SMILES string of the molecule is C=C(C)n1cc(C(=O)O)c(=O)c2cc(F)c(N3CC[C@@H](CN)C3)c(OC)c21. The van der Waals surface area contributed by atoms with Gasteiger partial charge in [-0.3, -0.25) is 4.79 Å². The van der Waals surface area contributed by atoms with Crippen LogP contribution in [0, 0.1) is 11.7 Å². The van der Waals surface area contributed by atoms with E-state index in [1.165, 1.54) is 17.9 Å². The molecule has 0 aliphatic carbocycles. The number of pyridine rings is 1. The molecule has 1 aromatic heterocycles. The Morgan fingerprint density at radius 3 is 2.74 bits per heavy atom. The van der Waals surface area contributed by atoms with Crippen LogP contribution >= 0.6 is 0 Å². The highest BCUT2D eigenvalue weighted by Gasteiger charge is 2.29. The number of hydrogen-bond acceptors (Lipinski definition) is 5. The number of aromatic nitrogens is 1. The molecule has 3 N–H and O–H groups in total. The number of halogens is 1. The molecule has 0 saturated carbocycles. The minimum atomic E-state index is -1.38. The van der Waals surface area contributed by atoms with Crippen molar-refractivity contribution in [2.45, 2.75) is 13.3 Å². The zero-order valence-corrected chi connectivity index (χ0v) is 15.3. The van der Waals surface area contributed by atoms with Crippen LogP contribution in [0.15, 0.2) is 23.6 Å². The summed E-state index contributed by atoms with van der Waals surface area (Å²) in [5, 5.41) is 9.26. The summed E-state index contributed by atoms with van der Waals surface area (Å²) in [6.07, 6.45) is 2.04. The third-order valence-electron chi connectivity index (χ3n) is 4.95. The highest BCUT2D eigenvalue weighted by atomic mass is 19.1. The van der Waals surface area contributed by atoms with Gasteiger partial charge in [0, 0.05) is 25.0 Å². The van der Waals surface area contributed by atoms with Crippen molar-refractivity contribution in [3.63, 3.8) is 0 Å². The van der Waals surface area contributed by atoms with Crippen LogP contribution in [0.5, 0.6) is 5.75 Å². The number of carbonyl (C=O) groups is 1. The van der Waals surface area contributed by atoms with Crippen LogP contribution in [0.25, 0.3) is 16.6 Å². The second-order valence-electron chi connectivity index (χ2n) is 6.76. The fourth-order valence-electron chi connectivity index (χ4n) is 3.59. The summed E-state index contributed by atoms with van der Waals surface area (Å²) in [5.74, 6) is -1.59. The van der Waals surface area contributed by atoms with E-state index in [9.17, 15) is 14.7 Å². The van der Waals surface area contributed by atoms with Gasteiger partial charge in [0.1, 0.15) is 16.8 Å². The number of aromatic carboxylic acids is 1. The van der Waals surface area contributed by atoms with Gasteiger partial charge in [0.15, 0.2) is 11.6 Å². The number of carboxylic acids is 1. The predicted octanol–water partition coefficient (Wildman–Crippen LogP) is 2.12. The first-order valence-electron chi connectivity index (χ1n) is 8.60. The summed E-state index contributed by atoms with van der Waals surface area (Å²) in [7, 11) is 1.40. The maximum absolute atomic E-state index is 15.0. The quantitative estimate of drug-likeness (QED) is 0.831. The van der Waals surface area contributed by atoms with E-state index in [1.54, 1.807) is 6.92 Å². The Kier molecular flexibility index (Phi) is 4.93. The lowest BCUT2D eigenvalue weighted by atomic mass is 10.1. The molecule has 0 radical (unpaired) electrons. The summed E-state index contributed by atoms with van der Waals surface area (Å²) in [6, 6.07) is 1.08. The van der Waals surface area contributed by atoms with E-state index in [0.717, 1.165) is 12.5 Å². The fraction of sp³-hybridized carbons (Fsp3) is 0.368. The van der Waals surface area contributed by atoms with Gasteiger partial charge in [-0.25, -0.2) is 9.18 Å². The zero-order valence-electron chi connectivity index (χ0n) is 15.3. The van der Waals surface area contributed by atoms with Gasteiger partial charge in [0.05, 0.1) is 12.5 Å². The number of nitrogens with zero attached hydrogens (tertiary/aromatic N) is 2. The number of methoxy groups -OCH3 is 1. The van der Waals surface area contributed by atoms with Gasteiger partial charge in [-0.2, -0.15) is 0 Å². The number of nitrogens with two attached hydrogens (primary N) is 1. The normalized spacial score (nSPS) is 16.7. The predicted molar refractivity (Wildman–Crippen MR) is 102 cm³/mol. The summed E-state index contributed by atoms with van der Waals surface area (Å²) in [5.41, 5.74) is 5.54. The van der Waals surface area contributed by atoms with Crippen LogP contribution in [-0.2, 0) is 0 Å². The van der Waals surface area contributed by atoms with E-state index in [0.29, 0.717) is 30.8 Å². The van der Waals surface area contributed by atoms with Crippen molar-refractivity contribution in [2.75, 3.05) is 31.6 Å². The van der Waals surface area contributed by atoms with Crippen LogP contribution in [0.3, 0.4) is 0 Å². The lowest BCUT2D eigenvalue weighted by Crippen LogP contribution is -2.25. The Morgan fingerprint density at radius 1 is 1.52 bits per heavy atom. The molecular weight excluding hydrogens is 353 g/mol. The Hall–Kier alpha value is -2.87. The molecular formula is C19H22FN3O4. The molecule has 0 spiro atoms. The van der Waals surface area contributed by atoms with Crippen molar-refractivity contribution in [2.24, 2.45) is 11.7 Å². The van der Waals surface area contributed by atoms with Gasteiger partial charge in [0.25, 0.3) is 0 Å². The minimum absolute atomic E-state index is 0.0643. The molecule has 1 saturated heterocycles. The van der Waals surface area contributed by atoms with Crippen molar-refractivity contribution in [3.8, 4) is 5.75 Å². The van der Waals surface area contributed by atoms with Crippen LogP contribution in [-0.4, -0.2) is 42.4 Å². The number of benzene rings is 1. The first kappa shape index (κ1) is 18.9. The molecule has 1 fully saturated rings. The van der Waals surface area contributed by atoms with E-state index in [-0.39, 0.29) is 22.7 Å². The smallest absolute Gasteiger partial charge is 0.341 e. The number of allylic oxidation sites excluding steroid dienone is 1. The number of carboxylic acid groups (broad SMARTS) is 1. The monoisotopic (exact) mass is 375 g/mol. The molecule has 3 rings (SSSR count). The third-order valence-corrected chi connectivity index (χ3v) is 4.95. The lowest BCUT2D eigenvalue weighted by Gasteiger charge is -2.24. The first-order valence-corrected chi connectivity index (χ1v) is 8.60. The van der Waals surface area contributed by atoms with Crippen molar-refractivity contribution < 1.29 is 19.0 Å². The van der Waals surface area contributed by atoms with Crippen LogP contribution < -0.4 is 20.8 Å². The molecule has 8 heteroatoms. The molecule has 1 aliphatic heterocycles. The maximum atomic E-state index is 15.0. The number of ether oxygens (including phenoxy) is 1. The molecule has 7 nitrogen and oxygen atoms in total. The van der Waals surface area contributed by atoms with Gasteiger partial charge in [-0.1, -0.05) is 6.58 Å². The average Bonchev–Trinajstić information content (AvgIpc) is 3.09. The molecule has 144 valence electrons. The minimum Gasteiger partial charge on any atom is -0.492 e. The Bertz CT molecular complexity index is 999. The van der Waals surface area contributed by atoms with Gasteiger partial charge >= 0.3 is 5.97 Å². The van der Waals surface area contributed by atoms with E-state index < -0.39 is 22.8 Å². The molecule has 2 aromatic rings. The van der Waals surface area contributed by atoms with Crippen molar-refractivity contribution in [1.29, 1.82) is 0 Å². The van der Waals surface area contributed by atoms with Gasteiger partial charge in [0.2, 0.25) is 5.43 Å². The van der Waals surface area contributed by atoms with Crippen molar-refractivity contribution >= 4 is 28.3 Å². The Morgan fingerprint density at radius 2 is 2.22 bits per heavy atom. The largest absolute Gasteiger partial charge is 0.492 e. The first-order chi connectivity index (χ1) is 12.8. The Labute approximate surface area is 155 Å². The second kappa shape index (κ2) is 7.03. The standard InChI is InChI=1S/C19H22FN3O4/c1-10(2)23-9-13(19(25)26)17(24)12-6-14(20)16(18(27-3)15(12)23)22-5-4-11(7-21)8-22/h6,9,11H,1,4-5,7-8,21H2,2-3H3,(H,25,26)/t11-/m0/s1. The molecule has 1 aliphatic rings. The van der Waals surface area contributed by atoms with E-state index in [1.807, 2.05) is 4.90 Å². The third kappa shape index (κ3) is 3.06. The molecule has 0 unspecified atom stereocenters. The molecule has 0 amide bonds. The summed E-state index contributed by atoms with van der Waals surface area (Å²) < 4.78 is 22.0. The molecule has 27 heavy (non-hydrogen) atoms.